The number of amides is 1. The van der Waals surface area contributed by atoms with E-state index in [1.165, 1.54) is 32.1 Å². The first-order valence-corrected chi connectivity index (χ1v) is 7.18. The van der Waals surface area contributed by atoms with Gasteiger partial charge in [-0.2, -0.15) is 0 Å². The van der Waals surface area contributed by atoms with Gasteiger partial charge in [0.05, 0.1) is 5.54 Å². The van der Waals surface area contributed by atoms with E-state index in [4.69, 9.17) is 5.73 Å². The number of nitrogens with one attached hydrogen (secondary N) is 1. The molecule has 1 amide bonds. The predicted molar refractivity (Wildman–Crippen MR) is 89.9 cm³/mol. The maximum atomic E-state index is 11.6. The van der Waals surface area contributed by atoms with Gasteiger partial charge in [0.2, 0.25) is 5.91 Å². The fraction of sp³-hybridized carbons (Fsp3) is 0.929. The topological polar surface area (TPSA) is 58.4 Å². The van der Waals surface area contributed by atoms with Crippen LogP contribution in [0.2, 0.25) is 0 Å². The average molecular weight is 328 g/mol. The Bertz CT molecular complexity index is 264. The van der Waals surface area contributed by atoms with Crippen LogP contribution in [0.25, 0.3) is 0 Å². The second kappa shape index (κ2) is 10.7. The number of hydrogen-bond acceptors (Lipinski definition) is 3. The summed E-state index contributed by atoms with van der Waals surface area (Å²) in [6.07, 6.45) is 7.79. The molecule has 0 spiro atoms. The lowest BCUT2D eigenvalue weighted by atomic mass is 9.94. The molecule has 1 fully saturated rings. The van der Waals surface area contributed by atoms with E-state index in [0.717, 1.165) is 25.6 Å². The van der Waals surface area contributed by atoms with Crippen LogP contribution in [0.1, 0.15) is 52.4 Å². The third-order valence-electron chi connectivity index (χ3n) is 3.76. The van der Waals surface area contributed by atoms with Crippen LogP contribution >= 0.6 is 24.8 Å². The van der Waals surface area contributed by atoms with E-state index in [2.05, 4.69) is 17.3 Å². The molecule has 0 atom stereocenters. The van der Waals surface area contributed by atoms with Gasteiger partial charge in [-0.3, -0.25) is 4.79 Å². The Morgan fingerprint density at radius 1 is 1.25 bits per heavy atom. The van der Waals surface area contributed by atoms with Gasteiger partial charge in [0.15, 0.2) is 0 Å². The van der Waals surface area contributed by atoms with Gasteiger partial charge in [0.25, 0.3) is 0 Å². The number of carbonyl (C=O) groups is 1. The Morgan fingerprint density at radius 2 is 1.80 bits per heavy atom. The standard InChI is InChI=1S/C14H29N3O.2ClH/c1-14(2,15)13(18)16-10-7-11-17(3)12-8-5-4-6-9-12;;/h12H,4-11,15H2,1-3H3,(H,16,18);2*1H. The zero-order chi connectivity index (χ0) is 13.6. The lowest BCUT2D eigenvalue weighted by Gasteiger charge is -2.31. The Kier molecular flexibility index (Phi) is 11.9. The summed E-state index contributed by atoms with van der Waals surface area (Å²) < 4.78 is 0. The summed E-state index contributed by atoms with van der Waals surface area (Å²) >= 11 is 0. The Balaban J connectivity index is 0. The smallest absolute Gasteiger partial charge is 0.239 e. The summed E-state index contributed by atoms with van der Waals surface area (Å²) in [5.41, 5.74) is 4.95. The average Bonchev–Trinajstić information content (AvgIpc) is 2.34. The highest BCUT2D eigenvalue weighted by atomic mass is 35.5. The quantitative estimate of drug-likeness (QED) is 0.736. The molecule has 1 saturated carbocycles. The van der Waals surface area contributed by atoms with Crippen LogP contribution in [0, 0.1) is 0 Å². The highest BCUT2D eigenvalue weighted by Gasteiger charge is 2.21. The first kappa shape index (κ1) is 22.3. The van der Waals surface area contributed by atoms with E-state index in [1.807, 2.05) is 0 Å². The summed E-state index contributed by atoms with van der Waals surface area (Å²) in [4.78, 5) is 14.0. The summed E-state index contributed by atoms with van der Waals surface area (Å²) in [6.45, 7) is 5.24. The van der Waals surface area contributed by atoms with Crippen molar-refractivity contribution in [3.05, 3.63) is 0 Å². The second-order valence-electron chi connectivity index (χ2n) is 6.10. The molecular formula is C14H31Cl2N3O. The number of halogens is 2. The van der Waals surface area contributed by atoms with Gasteiger partial charge in [-0.15, -0.1) is 24.8 Å². The molecule has 0 aliphatic heterocycles. The Labute approximate surface area is 136 Å². The van der Waals surface area contributed by atoms with Crippen LogP contribution < -0.4 is 11.1 Å². The molecule has 0 aromatic heterocycles. The predicted octanol–water partition coefficient (Wildman–Crippen LogP) is 2.34. The first-order valence-electron chi connectivity index (χ1n) is 7.18. The fourth-order valence-electron chi connectivity index (χ4n) is 2.46. The van der Waals surface area contributed by atoms with Crippen molar-refractivity contribution in [2.75, 3.05) is 20.1 Å². The van der Waals surface area contributed by atoms with Crippen LogP contribution in [0.3, 0.4) is 0 Å². The molecule has 1 rings (SSSR count). The van der Waals surface area contributed by atoms with Crippen molar-refractivity contribution < 1.29 is 4.79 Å². The molecule has 20 heavy (non-hydrogen) atoms. The minimum atomic E-state index is -0.769. The lowest BCUT2D eigenvalue weighted by molar-refractivity contribution is -0.125. The maximum absolute atomic E-state index is 11.6. The zero-order valence-electron chi connectivity index (χ0n) is 13.0. The molecule has 3 N–H and O–H groups in total. The highest BCUT2D eigenvalue weighted by molar-refractivity contribution is 5.85. The molecule has 4 nitrogen and oxygen atoms in total. The Morgan fingerprint density at radius 3 is 2.30 bits per heavy atom. The van der Waals surface area contributed by atoms with Gasteiger partial charge < -0.3 is 16.0 Å². The number of nitrogens with two attached hydrogens (primary N) is 1. The minimum Gasteiger partial charge on any atom is -0.354 e. The molecule has 0 aromatic carbocycles. The molecule has 1 aliphatic rings. The van der Waals surface area contributed by atoms with E-state index < -0.39 is 5.54 Å². The van der Waals surface area contributed by atoms with Crippen LogP contribution in [-0.2, 0) is 4.79 Å². The normalized spacial score (nSPS) is 16.2. The monoisotopic (exact) mass is 327 g/mol. The third kappa shape index (κ3) is 8.30. The van der Waals surface area contributed by atoms with Crippen molar-refractivity contribution in [3.8, 4) is 0 Å². The van der Waals surface area contributed by atoms with Gasteiger partial charge in [0.1, 0.15) is 0 Å². The molecule has 0 unspecified atom stereocenters. The van der Waals surface area contributed by atoms with Crippen LogP contribution in [0.15, 0.2) is 0 Å². The number of carbonyl (C=O) groups excluding carboxylic acids is 1. The second-order valence-corrected chi connectivity index (χ2v) is 6.10. The SMILES string of the molecule is CN(CCCNC(=O)C(C)(C)N)C1CCCCC1.Cl.Cl. The summed E-state index contributed by atoms with van der Waals surface area (Å²) in [5, 5.41) is 2.89. The van der Waals surface area contributed by atoms with Crippen LogP contribution in [-0.4, -0.2) is 42.5 Å². The summed E-state index contributed by atoms with van der Waals surface area (Å²) in [7, 11) is 2.20. The molecule has 0 bridgehead atoms. The van der Waals surface area contributed by atoms with E-state index in [1.54, 1.807) is 13.8 Å². The van der Waals surface area contributed by atoms with Gasteiger partial charge in [-0.25, -0.2) is 0 Å². The number of nitrogens with zero attached hydrogens (tertiary/aromatic N) is 1. The molecule has 122 valence electrons. The summed E-state index contributed by atoms with van der Waals surface area (Å²) in [5.74, 6) is -0.0668. The maximum Gasteiger partial charge on any atom is 0.239 e. The molecule has 6 heteroatoms. The number of rotatable bonds is 6. The van der Waals surface area contributed by atoms with Crippen molar-refractivity contribution in [3.63, 3.8) is 0 Å². The van der Waals surface area contributed by atoms with Crippen molar-refractivity contribution in [2.24, 2.45) is 5.73 Å². The fourth-order valence-corrected chi connectivity index (χ4v) is 2.46. The van der Waals surface area contributed by atoms with Gasteiger partial charge in [0, 0.05) is 12.6 Å². The van der Waals surface area contributed by atoms with Crippen molar-refractivity contribution in [1.29, 1.82) is 0 Å². The molecule has 0 aromatic rings. The van der Waals surface area contributed by atoms with Gasteiger partial charge in [-0.1, -0.05) is 19.3 Å². The van der Waals surface area contributed by atoms with E-state index in [-0.39, 0.29) is 30.7 Å². The Hall–Kier alpha value is -0.0300. The zero-order valence-corrected chi connectivity index (χ0v) is 14.6. The van der Waals surface area contributed by atoms with Crippen molar-refractivity contribution >= 4 is 30.7 Å². The highest BCUT2D eigenvalue weighted by Crippen LogP contribution is 2.21. The molecule has 1 aliphatic carbocycles. The van der Waals surface area contributed by atoms with E-state index in [0.29, 0.717) is 0 Å². The molecule has 0 heterocycles. The lowest BCUT2D eigenvalue weighted by Crippen LogP contribution is -2.49. The first-order chi connectivity index (χ1) is 8.41. The minimum absolute atomic E-state index is 0. The molecule has 0 radical (unpaired) electrons. The van der Waals surface area contributed by atoms with E-state index >= 15 is 0 Å². The largest absolute Gasteiger partial charge is 0.354 e. The van der Waals surface area contributed by atoms with Crippen LogP contribution in [0.5, 0.6) is 0 Å². The third-order valence-corrected chi connectivity index (χ3v) is 3.76. The van der Waals surface area contributed by atoms with Crippen LogP contribution in [0.4, 0.5) is 0 Å². The van der Waals surface area contributed by atoms with Crippen molar-refractivity contribution in [2.45, 2.75) is 64.0 Å². The van der Waals surface area contributed by atoms with Gasteiger partial charge in [-0.05, 0) is 46.7 Å². The summed E-state index contributed by atoms with van der Waals surface area (Å²) in [6, 6.07) is 0.750. The van der Waals surface area contributed by atoms with E-state index in [9.17, 15) is 4.79 Å². The molecule has 0 saturated heterocycles. The number of hydrogen-bond donors (Lipinski definition) is 2. The van der Waals surface area contributed by atoms with Crippen molar-refractivity contribution in [1.82, 2.24) is 10.2 Å². The van der Waals surface area contributed by atoms with Gasteiger partial charge >= 0.3 is 0 Å². The molecular weight excluding hydrogens is 297 g/mol.